The van der Waals surface area contributed by atoms with Crippen molar-refractivity contribution in [3.63, 3.8) is 0 Å². The molecule has 0 aromatic heterocycles. The maximum Gasteiger partial charge on any atom is 0.264 e. The molecule has 35 heavy (non-hydrogen) atoms. The number of methoxy groups -OCH3 is 3. The Morgan fingerprint density at radius 1 is 0.943 bits per heavy atom. The van der Waals surface area contributed by atoms with Crippen LogP contribution in [0.5, 0.6) is 17.2 Å². The van der Waals surface area contributed by atoms with E-state index in [1.54, 1.807) is 49.4 Å². The van der Waals surface area contributed by atoms with Crippen LogP contribution in [-0.4, -0.2) is 42.2 Å². The number of amides is 1. The lowest BCUT2D eigenvalue weighted by atomic mass is 10.1. The van der Waals surface area contributed by atoms with E-state index in [0.717, 1.165) is 4.31 Å². The second-order valence-corrected chi connectivity index (χ2v) is 9.86. The standard InChI is InChI=1S/C25H27ClN2O6S/c1-17-10-11-19(26)14-21(17)28(35(30,31)20-8-6-5-7-9-20)16-24(29)27-15-18-12-22(32-2)25(34-4)23(13-18)33-3/h5-14H,15-16H2,1-4H3,(H,27,29). The van der Waals surface area contributed by atoms with E-state index in [1.807, 2.05) is 0 Å². The van der Waals surface area contributed by atoms with E-state index in [0.29, 0.717) is 39.1 Å². The number of hydrogen-bond donors (Lipinski definition) is 1. The first-order chi connectivity index (χ1) is 16.7. The summed E-state index contributed by atoms with van der Waals surface area (Å²) in [6.45, 7) is 1.43. The van der Waals surface area contributed by atoms with E-state index < -0.39 is 22.5 Å². The molecule has 3 aromatic carbocycles. The van der Waals surface area contributed by atoms with Gasteiger partial charge in [0.2, 0.25) is 11.7 Å². The number of hydrogen-bond acceptors (Lipinski definition) is 6. The van der Waals surface area contributed by atoms with Crippen molar-refractivity contribution in [3.8, 4) is 17.2 Å². The molecule has 0 unspecified atom stereocenters. The van der Waals surface area contributed by atoms with Gasteiger partial charge in [0.05, 0.1) is 31.9 Å². The van der Waals surface area contributed by atoms with Gasteiger partial charge in [0, 0.05) is 11.6 Å². The van der Waals surface area contributed by atoms with Gasteiger partial charge in [0.15, 0.2) is 11.5 Å². The quantitative estimate of drug-likeness (QED) is 0.432. The van der Waals surface area contributed by atoms with Crippen molar-refractivity contribution in [1.29, 1.82) is 0 Å². The molecule has 0 aliphatic carbocycles. The number of halogens is 1. The fraction of sp³-hybridized carbons (Fsp3) is 0.240. The van der Waals surface area contributed by atoms with Crippen molar-refractivity contribution < 1.29 is 27.4 Å². The van der Waals surface area contributed by atoms with Crippen LogP contribution in [0.25, 0.3) is 0 Å². The summed E-state index contributed by atoms with van der Waals surface area (Å²) in [5.41, 5.74) is 1.67. The first-order valence-corrected chi connectivity index (χ1v) is 12.4. The number of rotatable bonds is 10. The Balaban J connectivity index is 1.89. The zero-order valence-electron chi connectivity index (χ0n) is 19.9. The summed E-state index contributed by atoms with van der Waals surface area (Å²) in [6, 6.07) is 16.3. The number of carbonyl (C=O) groups excluding carboxylic acids is 1. The lowest BCUT2D eigenvalue weighted by Crippen LogP contribution is -2.41. The Labute approximate surface area is 210 Å². The Morgan fingerprint density at radius 3 is 2.14 bits per heavy atom. The maximum absolute atomic E-state index is 13.5. The van der Waals surface area contributed by atoms with Gasteiger partial charge in [-0.3, -0.25) is 9.10 Å². The average Bonchev–Trinajstić information content (AvgIpc) is 2.87. The fourth-order valence-corrected chi connectivity index (χ4v) is 5.16. The first kappa shape index (κ1) is 26.2. The Bertz CT molecular complexity index is 1270. The number of carbonyl (C=O) groups is 1. The van der Waals surface area contributed by atoms with E-state index in [1.165, 1.54) is 39.5 Å². The third-order valence-electron chi connectivity index (χ3n) is 5.27. The number of nitrogens with one attached hydrogen (secondary N) is 1. The van der Waals surface area contributed by atoms with Crippen LogP contribution in [-0.2, 0) is 21.4 Å². The molecule has 0 bridgehead atoms. The summed E-state index contributed by atoms with van der Waals surface area (Å²) < 4.78 is 44.1. The second kappa shape index (κ2) is 11.3. The van der Waals surface area contributed by atoms with E-state index in [-0.39, 0.29) is 11.4 Å². The monoisotopic (exact) mass is 518 g/mol. The Hall–Kier alpha value is -3.43. The summed E-state index contributed by atoms with van der Waals surface area (Å²) in [4.78, 5) is 13.0. The predicted octanol–water partition coefficient (Wildman–Crippen LogP) is 4.19. The molecule has 3 aromatic rings. The highest BCUT2D eigenvalue weighted by atomic mass is 35.5. The molecule has 8 nitrogen and oxygen atoms in total. The first-order valence-electron chi connectivity index (χ1n) is 10.6. The number of benzene rings is 3. The minimum Gasteiger partial charge on any atom is -0.493 e. The summed E-state index contributed by atoms with van der Waals surface area (Å²) >= 11 is 6.16. The van der Waals surface area contributed by atoms with Crippen molar-refractivity contribution in [2.45, 2.75) is 18.4 Å². The van der Waals surface area contributed by atoms with Gasteiger partial charge in [-0.15, -0.1) is 0 Å². The summed E-state index contributed by atoms with van der Waals surface area (Å²) in [5.74, 6) is 0.817. The van der Waals surface area contributed by atoms with E-state index >= 15 is 0 Å². The van der Waals surface area contributed by atoms with Gasteiger partial charge in [-0.05, 0) is 54.4 Å². The summed E-state index contributed by atoms with van der Waals surface area (Å²) in [5, 5.41) is 3.13. The van der Waals surface area contributed by atoms with Crippen LogP contribution in [0.1, 0.15) is 11.1 Å². The summed E-state index contributed by atoms with van der Waals surface area (Å²) in [7, 11) is 0.456. The van der Waals surface area contributed by atoms with Gasteiger partial charge in [-0.1, -0.05) is 35.9 Å². The van der Waals surface area contributed by atoms with Crippen LogP contribution in [0.3, 0.4) is 0 Å². The van der Waals surface area contributed by atoms with Crippen molar-refractivity contribution in [3.05, 3.63) is 76.8 Å². The summed E-state index contributed by atoms with van der Waals surface area (Å²) in [6.07, 6.45) is 0. The smallest absolute Gasteiger partial charge is 0.264 e. The van der Waals surface area contributed by atoms with Gasteiger partial charge in [0.25, 0.3) is 10.0 Å². The molecule has 186 valence electrons. The van der Waals surface area contributed by atoms with E-state index in [2.05, 4.69) is 5.32 Å². The van der Waals surface area contributed by atoms with Gasteiger partial charge in [0.1, 0.15) is 6.54 Å². The molecule has 0 aliphatic heterocycles. The molecule has 1 N–H and O–H groups in total. The molecule has 0 atom stereocenters. The molecule has 0 spiro atoms. The predicted molar refractivity (Wildman–Crippen MR) is 135 cm³/mol. The molecule has 0 radical (unpaired) electrons. The molecular weight excluding hydrogens is 492 g/mol. The number of aryl methyl sites for hydroxylation is 1. The third-order valence-corrected chi connectivity index (χ3v) is 7.28. The highest BCUT2D eigenvalue weighted by Crippen LogP contribution is 2.38. The molecule has 0 saturated carbocycles. The van der Waals surface area contributed by atoms with Gasteiger partial charge >= 0.3 is 0 Å². The molecule has 3 rings (SSSR count). The van der Waals surface area contributed by atoms with Crippen molar-refractivity contribution in [1.82, 2.24) is 5.32 Å². The van der Waals surface area contributed by atoms with E-state index in [9.17, 15) is 13.2 Å². The molecule has 0 aliphatic rings. The number of sulfonamides is 1. The lowest BCUT2D eigenvalue weighted by molar-refractivity contribution is -0.119. The SMILES string of the molecule is COc1cc(CNC(=O)CN(c2cc(Cl)ccc2C)S(=O)(=O)c2ccccc2)cc(OC)c1OC. The average molecular weight is 519 g/mol. The Kier molecular flexibility index (Phi) is 8.48. The van der Waals surface area contributed by atoms with E-state index in [4.69, 9.17) is 25.8 Å². The number of nitrogens with zero attached hydrogens (tertiary/aromatic N) is 1. The third kappa shape index (κ3) is 5.98. The maximum atomic E-state index is 13.5. The van der Waals surface area contributed by atoms with Crippen molar-refractivity contribution in [2.75, 3.05) is 32.2 Å². The lowest BCUT2D eigenvalue weighted by Gasteiger charge is -2.26. The van der Waals surface area contributed by atoms with Crippen LogP contribution in [0, 0.1) is 6.92 Å². The van der Waals surface area contributed by atoms with Crippen LogP contribution in [0.4, 0.5) is 5.69 Å². The van der Waals surface area contributed by atoms with Gasteiger partial charge in [-0.2, -0.15) is 0 Å². The molecule has 0 saturated heterocycles. The van der Waals surface area contributed by atoms with Crippen LogP contribution in [0.2, 0.25) is 5.02 Å². The molecule has 0 fully saturated rings. The highest BCUT2D eigenvalue weighted by molar-refractivity contribution is 7.92. The van der Waals surface area contributed by atoms with Gasteiger partial charge < -0.3 is 19.5 Å². The Morgan fingerprint density at radius 2 is 1.57 bits per heavy atom. The van der Waals surface area contributed by atoms with Crippen molar-refractivity contribution >= 4 is 33.2 Å². The molecular formula is C25H27ClN2O6S. The highest BCUT2D eigenvalue weighted by Gasteiger charge is 2.28. The van der Waals surface area contributed by atoms with Crippen molar-refractivity contribution in [2.24, 2.45) is 0 Å². The largest absolute Gasteiger partial charge is 0.493 e. The minimum absolute atomic E-state index is 0.0665. The van der Waals surface area contributed by atoms with Crippen LogP contribution < -0.4 is 23.8 Å². The number of anilines is 1. The minimum atomic E-state index is -4.04. The second-order valence-electron chi connectivity index (χ2n) is 7.57. The molecule has 10 heteroatoms. The zero-order valence-corrected chi connectivity index (χ0v) is 21.4. The van der Waals surface area contributed by atoms with Crippen LogP contribution >= 0.6 is 11.6 Å². The zero-order chi connectivity index (χ0) is 25.6. The fourth-order valence-electron chi connectivity index (χ4n) is 3.49. The van der Waals surface area contributed by atoms with Gasteiger partial charge in [-0.25, -0.2) is 8.42 Å². The molecule has 1 amide bonds. The topological polar surface area (TPSA) is 94.2 Å². The molecule has 0 heterocycles. The van der Waals surface area contributed by atoms with Crippen LogP contribution in [0.15, 0.2) is 65.6 Å². The normalized spacial score (nSPS) is 11.0. The number of ether oxygens (including phenoxy) is 3.